The van der Waals surface area contributed by atoms with Gasteiger partial charge in [-0.05, 0) is 0 Å². The molecule has 14 heavy (non-hydrogen) atoms. The monoisotopic (exact) mass is 320 g/mol. The third kappa shape index (κ3) is 1.78. The van der Waals surface area contributed by atoms with Crippen LogP contribution in [0, 0.1) is 0 Å². The van der Waals surface area contributed by atoms with Crippen LogP contribution in [0.4, 0.5) is 0 Å². The first kappa shape index (κ1) is 9.72. The van der Waals surface area contributed by atoms with Crippen LogP contribution in [0.15, 0.2) is 17.9 Å². The van der Waals surface area contributed by atoms with Gasteiger partial charge < -0.3 is 0 Å². The number of hydrogen-bond acceptors (Lipinski definition) is 0. The minimum absolute atomic E-state index is 0.829. The molecule has 0 spiro atoms. The zero-order chi connectivity index (χ0) is 9.38. The average molecular weight is 318 g/mol. The Morgan fingerprint density at radius 2 is 1.14 bits per heavy atom. The van der Waals surface area contributed by atoms with Crippen LogP contribution < -0.4 is 0 Å². The van der Waals surface area contributed by atoms with E-state index in [0.29, 0.717) is 0 Å². The first-order valence-corrected chi connectivity index (χ1v) is 9.16. The molecule has 3 aliphatic rings. The topological polar surface area (TPSA) is 0 Å². The second-order valence-corrected chi connectivity index (χ2v) is 10.3. The van der Waals surface area contributed by atoms with Crippen molar-refractivity contribution in [3.63, 3.8) is 0 Å². The molecule has 0 aromatic carbocycles. The van der Waals surface area contributed by atoms with Crippen molar-refractivity contribution in [2.75, 3.05) is 0 Å². The van der Waals surface area contributed by atoms with Crippen LogP contribution in [0.2, 0.25) is 0 Å². The van der Waals surface area contributed by atoms with Crippen molar-refractivity contribution >= 4 is 29.9 Å². The van der Waals surface area contributed by atoms with Gasteiger partial charge in [-0.15, -0.1) is 0 Å². The van der Waals surface area contributed by atoms with Crippen LogP contribution in [-0.2, 0) is 0 Å². The van der Waals surface area contributed by atoms with Gasteiger partial charge in [0.2, 0.25) is 0 Å². The molecule has 0 aromatic rings. The predicted octanol–water partition coefficient (Wildman–Crippen LogP) is 2.98. The van der Waals surface area contributed by atoms with E-state index in [2.05, 4.69) is 0 Å². The third-order valence-electron chi connectivity index (χ3n) is 3.30. The van der Waals surface area contributed by atoms with Gasteiger partial charge in [-0.25, -0.2) is 0 Å². The summed E-state index contributed by atoms with van der Waals surface area (Å²) in [6, 6.07) is 0. The summed E-state index contributed by atoms with van der Waals surface area (Å²) >= 11 is 1.66. The van der Waals surface area contributed by atoms with Gasteiger partial charge in [0.15, 0.2) is 0 Å². The van der Waals surface area contributed by atoms with Gasteiger partial charge in [0, 0.05) is 0 Å². The van der Waals surface area contributed by atoms with Gasteiger partial charge in [0.1, 0.15) is 0 Å². The number of hydrogen-bond donors (Lipinski definition) is 0. The van der Waals surface area contributed by atoms with Gasteiger partial charge in [0.05, 0.1) is 0 Å². The zero-order valence-electron chi connectivity index (χ0n) is 8.47. The molecule has 3 rings (SSSR count). The van der Waals surface area contributed by atoms with E-state index in [1.54, 1.807) is 0 Å². The summed E-state index contributed by atoms with van der Waals surface area (Å²) in [4.78, 5) is 0. The maximum absolute atomic E-state index is 1.97. The molecule has 2 heteroatoms. The van der Waals surface area contributed by atoms with Crippen molar-refractivity contribution in [2.45, 2.75) is 51.4 Å². The van der Waals surface area contributed by atoms with Gasteiger partial charge in [0.25, 0.3) is 0 Å². The van der Waals surface area contributed by atoms with Crippen molar-refractivity contribution in [1.82, 2.24) is 0 Å². The summed E-state index contributed by atoms with van der Waals surface area (Å²) in [7, 11) is 0. The molecule has 1 fully saturated rings. The molecule has 1 heterocycles. The minimum atomic E-state index is 0.829. The third-order valence-corrected chi connectivity index (χ3v) is 10.7. The fourth-order valence-electron chi connectivity index (χ4n) is 2.46. The molecule has 0 bridgehead atoms. The van der Waals surface area contributed by atoms with Gasteiger partial charge in [-0.2, -0.15) is 0 Å². The first-order valence-electron chi connectivity index (χ1n) is 5.73. The second-order valence-electron chi connectivity index (χ2n) is 4.36. The van der Waals surface area contributed by atoms with Gasteiger partial charge >= 0.3 is 99.2 Å². The van der Waals surface area contributed by atoms with Crippen LogP contribution in [0.25, 0.3) is 0 Å². The van der Waals surface area contributed by atoms with E-state index in [-0.39, 0.29) is 0 Å². The molecule has 1 aliphatic heterocycles. The van der Waals surface area contributed by atoms with E-state index in [0.717, 1.165) is 29.9 Å². The van der Waals surface area contributed by atoms with E-state index in [1.807, 2.05) is 17.9 Å². The van der Waals surface area contributed by atoms with Crippen molar-refractivity contribution in [3.05, 3.63) is 17.9 Å². The Balaban J connectivity index is 1.80. The van der Waals surface area contributed by atoms with Crippen LogP contribution in [0.5, 0.6) is 0 Å². The van der Waals surface area contributed by atoms with Crippen molar-refractivity contribution in [1.29, 1.82) is 0 Å². The number of allylic oxidation sites excluding steroid dienone is 3. The molecule has 0 nitrogen and oxygen atoms in total. The van der Waals surface area contributed by atoms with Crippen LogP contribution >= 0.6 is 0 Å². The summed E-state index contributed by atoms with van der Waals surface area (Å²) < 4.78 is 5.82. The molecule has 0 amide bonds. The summed E-state index contributed by atoms with van der Waals surface area (Å²) in [6.45, 7) is 0. The van der Waals surface area contributed by atoms with E-state index < -0.39 is 0 Å². The Labute approximate surface area is 98.9 Å². The SMILES string of the molecule is C1CCC(=C2[Se]C3=C(CCCC3)[Se]2)C1. The van der Waals surface area contributed by atoms with Crippen LogP contribution in [-0.4, -0.2) is 29.9 Å². The summed E-state index contributed by atoms with van der Waals surface area (Å²) in [5.41, 5.74) is 1.90. The van der Waals surface area contributed by atoms with E-state index in [1.165, 1.54) is 51.4 Å². The number of rotatable bonds is 0. The second kappa shape index (κ2) is 4.18. The zero-order valence-corrected chi connectivity index (χ0v) is 11.9. The molecule has 0 N–H and O–H groups in total. The van der Waals surface area contributed by atoms with E-state index >= 15 is 0 Å². The molecule has 0 radical (unpaired) electrons. The summed E-state index contributed by atoms with van der Waals surface area (Å²) in [5, 5.41) is 0. The molecule has 0 unspecified atom stereocenters. The molecule has 0 atom stereocenters. The molecule has 0 aromatic heterocycles. The van der Waals surface area contributed by atoms with Gasteiger partial charge in [-0.1, -0.05) is 0 Å². The molecule has 1 saturated carbocycles. The summed E-state index contributed by atoms with van der Waals surface area (Å²) in [6.07, 6.45) is 11.8. The Kier molecular flexibility index (Phi) is 2.90. The van der Waals surface area contributed by atoms with E-state index in [9.17, 15) is 0 Å². The molecule has 0 saturated heterocycles. The molecule has 2 aliphatic carbocycles. The van der Waals surface area contributed by atoms with E-state index in [4.69, 9.17) is 0 Å². The standard InChI is InChI=1S/C12H16Se2/c1-2-6-9(5-1)12-13-10-7-3-4-8-11(10)14-12/h1-8H2. The summed E-state index contributed by atoms with van der Waals surface area (Å²) in [5.74, 6) is 0. The Morgan fingerprint density at radius 3 is 1.71 bits per heavy atom. The van der Waals surface area contributed by atoms with Gasteiger partial charge in [-0.3, -0.25) is 0 Å². The molecule has 76 valence electrons. The maximum atomic E-state index is 1.97. The molecular weight excluding hydrogens is 302 g/mol. The van der Waals surface area contributed by atoms with Crippen molar-refractivity contribution < 1.29 is 0 Å². The van der Waals surface area contributed by atoms with Crippen molar-refractivity contribution in [2.24, 2.45) is 0 Å². The van der Waals surface area contributed by atoms with Crippen LogP contribution in [0.1, 0.15) is 51.4 Å². The Bertz CT molecular complexity index is 284. The fourth-order valence-corrected chi connectivity index (χ4v) is 10.4. The average Bonchev–Trinajstić information content (AvgIpc) is 2.86. The molecular formula is C12H16Se2. The quantitative estimate of drug-likeness (QED) is 0.603. The first-order chi connectivity index (χ1) is 6.93. The predicted molar refractivity (Wildman–Crippen MR) is 62.5 cm³/mol. The normalized spacial score (nSPS) is 27.4. The Morgan fingerprint density at radius 1 is 0.643 bits per heavy atom. The fraction of sp³-hybridized carbons (Fsp3) is 0.667. The Hall–Kier alpha value is 0.519. The van der Waals surface area contributed by atoms with Crippen LogP contribution in [0.3, 0.4) is 0 Å². The van der Waals surface area contributed by atoms with Crippen molar-refractivity contribution in [3.8, 4) is 0 Å².